The van der Waals surface area contributed by atoms with Gasteiger partial charge in [-0.3, -0.25) is 0 Å². The van der Waals surface area contributed by atoms with Crippen LogP contribution in [0.5, 0.6) is 5.75 Å². The smallest absolute Gasteiger partial charge is 0.119 e. The van der Waals surface area contributed by atoms with Crippen molar-refractivity contribution in [2.75, 3.05) is 19.8 Å². The minimum atomic E-state index is 0.802. The van der Waals surface area contributed by atoms with E-state index >= 15 is 0 Å². The Morgan fingerprint density at radius 2 is 1.67 bits per heavy atom. The number of benzene rings is 1. The van der Waals surface area contributed by atoms with Crippen molar-refractivity contribution < 1.29 is 9.47 Å². The lowest BCUT2D eigenvalue weighted by Gasteiger charge is -2.05. The average molecular weight is 208 g/mol. The van der Waals surface area contributed by atoms with Crippen LogP contribution in [-0.4, -0.2) is 19.8 Å². The van der Waals surface area contributed by atoms with Gasteiger partial charge in [-0.2, -0.15) is 0 Å². The average Bonchev–Trinajstić information content (AvgIpc) is 2.29. The number of unbranched alkanes of at least 4 members (excludes halogenated alkanes) is 2. The first-order valence-electron chi connectivity index (χ1n) is 5.69. The van der Waals surface area contributed by atoms with Crippen LogP contribution in [0.1, 0.15) is 26.2 Å². The van der Waals surface area contributed by atoms with E-state index in [1.54, 1.807) is 0 Å². The third-order valence-corrected chi connectivity index (χ3v) is 2.15. The molecule has 0 atom stereocenters. The SMILES string of the molecule is CCOCCCCCOc1ccccc1. The van der Waals surface area contributed by atoms with Gasteiger partial charge in [0.25, 0.3) is 0 Å². The molecule has 0 aliphatic heterocycles. The van der Waals surface area contributed by atoms with E-state index in [2.05, 4.69) is 0 Å². The highest BCUT2D eigenvalue weighted by Gasteiger charge is 1.92. The summed E-state index contributed by atoms with van der Waals surface area (Å²) in [5, 5.41) is 0. The summed E-state index contributed by atoms with van der Waals surface area (Å²) in [6.45, 7) is 4.52. The highest BCUT2D eigenvalue weighted by atomic mass is 16.5. The summed E-state index contributed by atoms with van der Waals surface area (Å²) < 4.78 is 10.8. The number of rotatable bonds is 8. The van der Waals surface area contributed by atoms with Gasteiger partial charge in [0.05, 0.1) is 6.61 Å². The van der Waals surface area contributed by atoms with E-state index in [-0.39, 0.29) is 0 Å². The largest absolute Gasteiger partial charge is 0.494 e. The zero-order valence-electron chi connectivity index (χ0n) is 9.45. The fraction of sp³-hybridized carbons (Fsp3) is 0.538. The summed E-state index contributed by atoms with van der Waals surface area (Å²) in [5.41, 5.74) is 0. The Bertz CT molecular complexity index is 234. The molecular formula is C13H20O2. The van der Waals surface area contributed by atoms with E-state index in [1.807, 2.05) is 37.3 Å². The molecule has 0 heterocycles. The molecule has 2 nitrogen and oxygen atoms in total. The third kappa shape index (κ3) is 6.13. The number of para-hydroxylation sites is 1. The van der Waals surface area contributed by atoms with Crippen LogP contribution in [0.4, 0.5) is 0 Å². The maximum absolute atomic E-state index is 5.57. The van der Waals surface area contributed by atoms with Gasteiger partial charge in [0.15, 0.2) is 0 Å². The molecule has 0 aromatic heterocycles. The van der Waals surface area contributed by atoms with Crippen LogP contribution in [-0.2, 0) is 4.74 Å². The van der Waals surface area contributed by atoms with Crippen molar-refractivity contribution in [2.24, 2.45) is 0 Å². The number of ether oxygens (including phenoxy) is 2. The number of hydrogen-bond acceptors (Lipinski definition) is 2. The first kappa shape index (κ1) is 12.1. The molecule has 0 N–H and O–H groups in total. The summed E-state index contributed by atoms with van der Waals surface area (Å²) in [6.07, 6.45) is 3.40. The van der Waals surface area contributed by atoms with Crippen LogP contribution in [0.15, 0.2) is 30.3 Å². The second kappa shape index (κ2) is 8.30. The van der Waals surface area contributed by atoms with Gasteiger partial charge in [-0.25, -0.2) is 0 Å². The molecule has 2 heteroatoms. The minimum absolute atomic E-state index is 0.802. The van der Waals surface area contributed by atoms with Gasteiger partial charge in [-0.1, -0.05) is 18.2 Å². The lowest BCUT2D eigenvalue weighted by atomic mass is 10.2. The first-order chi connectivity index (χ1) is 7.43. The van der Waals surface area contributed by atoms with Crippen molar-refractivity contribution in [3.8, 4) is 5.75 Å². The molecule has 0 fully saturated rings. The third-order valence-electron chi connectivity index (χ3n) is 2.15. The molecule has 1 aromatic carbocycles. The Morgan fingerprint density at radius 1 is 0.933 bits per heavy atom. The molecule has 0 radical (unpaired) electrons. The molecule has 0 unspecified atom stereocenters. The van der Waals surface area contributed by atoms with Crippen molar-refractivity contribution in [3.05, 3.63) is 30.3 Å². The van der Waals surface area contributed by atoms with Gasteiger partial charge in [0.1, 0.15) is 5.75 Å². The monoisotopic (exact) mass is 208 g/mol. The van der Waals surface area contributed by atoms with E-state index in [9.17, 15) is 0 Å². The van der Waals surface area contributed by atoms with Gasteiger partial charge in [0.2, 0.25) is 0 Å². The summed E-state index contributed by atoms with van der Waals surface area (Å²) in [6, 6.07) is 9.95. The van der Waals surface area contributed by atoms with E-state index in [0.717, 1.165) is 38.4 Å². The van der Waals surface area contributed by atoms with E-state index in [4.69, 9.17) is 9.47 Å². The predicted molar refractivity (Wildman–Crippen MR) is 62.3 cm³/mol. The van der Waals surface area contributed by atoms with Crippen molar-refractivity contribution in [2.45, 2.75) is 26.2 Å². The Kier molecular flexibility index (Phi) is 6.67. The Balaban J connectivity index is 1.93. The van der Waals surface area contributed by atoms with E-state index < -0.39 is 0 Å². The molecular weight excluding hydrogens is 188 g/mol. The fourth-order valence-electron chi connectivity index (χ4n) is 1.33. The van der Waals surface area contributed by atoms with Gasteiger partial charge in [-0.05, 0) is 38.3 Å². The van der Waals surface area contributed by atoms with Crippen molar-refractivity contribution in [1.82, 2.24) is 0 Å². The van der Waals surface area contributed by atoms with Crippen LogP contribution in [0.3, 0.4) is 0 Å². The first-order valence-corrected chi connectivity index (χ1v) is 5.69. The molecule has 84 valence electrons. The molecule has 1 rings (SSSR count). The quantitative estimate of drug-likeness (QED) is 0.610. The van der Waals surface area contributed by atoms with Gasteiger partial charge < -0.3 is 9.47 Å². The van der Waals surface area contributed by atoms with Crippen molar-refractivity contribution >= 4 is 0 Å². The maximum atomic E-state index is 5.57. The van der Waals surface area contributed by atoms with Crippen LogP contribution in [0.2, 0.25) is 0 Å². The summed E-state index contributed by atoms with van der Waals surface area (Å²) in [5.74, 6) is 0.960. The van der Waals surface area contributed by atoms with Crippen LogP contribution in [0.25, 0.3) is 0 Å². The van der Waals surface area contributed by atoms with E-state index in [1.165, 1.54) is 6.42 Å². The molecule has 0 amide bonds. The van der Waals surface area contributed by atoms with Crippen molar-refractivity contribution in [1.29, 1.82) is 0 Å². The summed E-state index contributed by atoms with van der Waals surface area (Å²) >= 11 is 0. The van der Waals surface area contributed by atoms with Gasteiger partial charge in [-0.15, -0.1) is 0 Å². The molecule has 1 aromatic rings. The summed E-state index contributed by atoms with van der Waals surface area (Å²) in [7, 11) is 0. The maximum Gasteiger partial charge on any atom is 0.119 e. The van der Waals surface area contributed by atoms with Crippen LogP contribution in [0, 0.1) is 0 Å². The standard InChI is InChI=1S/C13H20O2/c1-2-14-11-7-4-8-12-15-13-9-5-3-6-10-13/h3,5-6,9-10H,2,4,7-8,11-12H2,1H3. The summed E-state index contributed by atoms with van der Waals surface area (Å²) in [4.78, 5) is 0. The Labute approximate surface area is 92.2 Å². The molecule has 15 heavy (non-hydrogen) atoms. The molecule has 0 spiro atoms. The normalized spacial score (nSPS) is 10.2. The van der Waals surface area contributed by atoms with E-state index in [0.29, 0.717) is 0 Å². The second-order valence-corrected chi connectivity index (χ2v) is 3.42. The van der Waals surface area contributed by atoms with Crippen LogP contribution >= 0.6 is 0 Å². The van der Waals surface area contributed by atoms with Gasteiger partial charge in [0, 0.05) is 13.2 Å². The zero-order valence-corrected chi connectivity index (χ0v) is 9.45. The lowest BCUT2D eigenvalue weighted by Crippen LogP contribution is -1.99. The molecule has 0 aliphatic rings. The molecule has 0 saturated carbocycles. The minimum Gasteiger partial charge on any atom is -0.494 e. The zero-order chi connectivity index (χ0) is 10.8. The topological polar surface area (TPSA) is 18.5 Å². The molecule has 0 bridgehead atoms. The molecule has 0 aliphatic carbocycles. The van der Waals surface area contributed by atoms with Gasteiger partial charge >= 0.3 is 0 Å². The Morgan fingerprint density at radius 3 is 2.40 bits per heavy atom. The van der Waals surface area contributed by atoms with Crippen molar-refractivity contribution in [3.63, 3.8) is 0 Å². The molecule has 0 saturated heterocycles. The predicted octanol–water partition coefficient (Wildman–Crippen LogP) is 3.27. The van der Waals surface area contributed by atoms with Crippen LogP contribution < -0.4 is 4.74 Å². The fourth-order valence-corrected chi connectivity index (χ4v) is 1.33. The lowest BCUT2D eigenvalue weighted by molar-refractivity contribution is 0.141. The highest BCUT2D eigenvalue weighted by Crippen LogP contribution is 2.09. The number of hydrogen-bond donors (Lipinski definition) is 0. The highest BCUT2D eigenvalue weighted by molar-refractivity contribution is 5.20. The Hall–Kier alpha value is -1.02. The second-order valence-electron chi connectivity index (χ2n) is 3.42.